The second-order valence-corrected chi connectivity index (χ2v) is 7.30. The van der Waals surface area contributed by atoms with Crippen LogP contribution in [0.4, 0.5) is 5.69 Å². The first-order valence-corrected chi connectivity index (χ1v) is 8.11. The van der Waals surface area contributed by atoms with Gasteiger partial charge in [-0.1, -0.05) is 17.7 Å². The molecule has 0 saturated heterocycles. The molecule has 0 amide bonds. The van der Waals surface area contributed by atoms with Gasteiger partial charge >= 0.3 is 0 Å². The van der Waals surface area contributed by atoms with Gasteiger partial charge in [-0.3, -0.25) is 4.72 Å². The second kappa shape index (κ2) is 5.32. The van der Waals surface area contributed by atoms with Gasteiger partial charge in [0.05, 0.1) is 0 Å². The maximum Gasteiger partial charge on any atom is 0.263 e. The zero-order chi connectivity index (χ0) is 14.0. The zero-order valence-electron chi connectivity index (χ0n) is 10.8. The summed E-state index contributed by atoms with van der Waals surface area (Å²) in [5, 5.41) is 0. The third-order valence-corrected chi connectivity index (χ3v) is 5.43. The normalized spacial score (nSPS) is 11.5. The highest BCUT2D eigenvalue weighted by Crippen LogP contribution is 2.27. The Labute approximate surface area is 117 Å². The van der Waals surface area contributed by atoms with Crippen LogP contribution in [-0.2, 0) is 16.6 Å². The number of nitrogens with two attached hydrogens (primary N) is 1. The minimum Gasteiger partial charge on any atom is -0.326 e. The number of rotatable bonds is 4. The van der Waals surface area contributed by atoms with E-state index >= 15 is 0 Å². The summed E-state index contributed by atoms with van der Waals surface area (Å²) in [5.74, 6) is 0. The lowest BCUT2D eigenvalue weighted by molar-refractivity contribution is 0.601. The van der Waals surface area contributed by atoms with E-state index in [9.17, 15) is 8.42 Å². The number of hydrogen-bond donors (Lipinski definition) is 2. The van der Waals surface area contributed by atoms with Crippen LogP contribution in [0.5, 0.6) is 0 Å². The van der Waals surface area contributed by atoms with Crippen molar-refractivity contribution in [3.8, 4) is 0 Å². The van der Waals surface area contributed by atoms with Crippen LogP contribution in [0, 0.1) is 13.8 Å². The Morgan fingerprint density at radius 3 is 2.37 bits per heavy atom. The molecular weight excluding hydrogens is 280 g/mol. The van der Waals surface area contributed by atoms with Gasteiger partial charge in [0.25, 0.3) is 10.0 Å². The van der Waals surface area contributed by atoms with E-state index in [2.05, 4.69) is 4.72 Å². The van der Waals surface area contributed by atoms with E-state index in [-0.39, 0.29) is 0 Å². The number of aryl methyl sites for hydroxylation is 2. The fourth-order valence-electron chi connectivity index (χ4n) is 1.72. The average molecular weight is 296 g/mol. The van der Waals surface area contributed by atoms with Crippen LogP contribution in [-0.4, -0.2) is 8.42 Å². The summed E-state index contributed by atoms with van der Waals surface area (Å²) in [6, 6.07) is 8.86. The van der Waals surface area contributed by atoms with Crippen molar-refractivity contribution in [1.29, 1.82) is 0 Å². The van der Waals surface area contributed by atoms with Crippen molar-refractivity contribution >= 4 is 27.0 Å². The second-order valence-electron chi connectivity index (χ2n) is 4.31. The van der Waals surface area contributed by atoms with E-state index in [0.29, 0.717) is 17.1 Å². The summed E-state index contributed by atoms with van der Waals surface area (Å²) < 4.78 is 27.2. The maximum atomic E-state index is 12.3. The minimum absolute atomic E-state index is 0.304. The van der Waals surface area contributed by atoms with Crippen molar-refractivity contribution in [2.75, 3.05) is 4.72 Å². The van der Waals surface area contributed by atoms with Crippen molar-refractivity contribution in [2.45, 2.75) is 25.3 Å². The fraction of sp³-hybridized carbons (Fsp3) is 0.231. The van der Waals surface area contributed by atoms with Crippen LogP contribution in [0.2, 0.25) is 0 Å². The van der Waals surface area contributed by atoms with Gasteiger partial charge in [0.1, 0.15) is 4.90 Å². The van der Waals surface area contributed by atoms with Gasteiger partial charge in [0.2, 0.25) is 0 Å². The van der Waals surface area contributed by atoms with Gasteiger partial charge in [0, 0.05) is 22.0 Å². The van der Waals surface area contributed by atoms with Gasteiger partial charge in [-0.05, 0) is 32.0 Å². The highest BCUT2D eigenvalue weighted by molar-refractivity contribution is 7.93. The molecule has 0 atom stereocenters. The molecule has 2 aromatic rings. The molecule has 2 rings (SSSR count). The van der Waals surface area contributed by atoms with Gasteiger partial charge in [-0.2, -0.15) is 0 Å². The first kappa shape index (κ1) is 14.0. The number of thiophene rings is 1. The van der Waals surface area contributed by atoms with E-state index in [0.717, 1.165) is 15.3 Å². The molecule has 102 valence electrons. The largest absolute Gasteiger partial charge is 0.326 e. The Kier molecular flexibility index (Phi) is 3.93. The lowest BCUT2D eigenvalue weighted by Gasteiger charge is -2.07. The minimum atomic E-state index is -3.54. The molecule has 6 heteroatoms. The molecule has 3 N–H and O–H groups in total. The Morgan fingerprint density at radius 2 is 1.84 bits per heavy atom. The average Bonchev–Trinajstić information content (AvgIpc) is 2.74. The molecule has 1 aromatic carbocycles. The van der Waals surface area contributed by atoms with Crippen LogP contribution >= 0.6 is 11.3 Å². The van der Waals surface area contributed by atoms with Crippen LogP contribution in [0.3, 0.4) is 0 Å². The third-order valence-electron chi connectivity index (χ3n) is 2.72. The molecule has 0 aliphatic carbocycles. The summed E-state index contributed by atoms with van der Waals surface area (Å²) in [6.07, 6.45) is 0. The number of anilines is 1. The SMILES string of the molecule is Cc1ccc(NS(=O)(=O)c2cc(CN)sc2C)cc1. The van der Waals surface area contributed by atoms with Crippen LogP contribution in [0.1, 0.15) is 15.3 Å². The molecular formula is C13H16N2O2S2. The first-order valence-electron chi connectivity index (χ1n) is 5.81. The predicted molar refractivity (Wildman–Crippen MR) is 78.9 cm³/mol. The monoisotopic (exact) mass is 296 g/mol. The van der Waals surface area contributed by atoms with Crippen molar-refractivity contribution in [3.63, 3.8) is 0 Å². The molecule has 0 spiro atoms. The highest BCUT2D eigenvalue weighted by Gasteiger charge is 2.19. The Balaban J connectivity index is 2.31. The van der Waals surface area contributed by atoms with Crippen molar-refractivity contribution < 1.29 is 8.42 Å². The predicted octanol–water partition coefficient (Wildman–Crippen LogP) is 2.62. The van der Waals surface area contributed by atoms with Crippen LogP contribution in [0.25, 0.3) is 0 Å². The van der Waals surface area contributed by atoms with E-state index in [4.69, 9.17) is 5.73 Å². The molecule has 1 heterocycles. The molecule has 0 fully saturated rings. The van der Waals surface area contributed by atoms with Crippen molar-refractivity contribution in [1.82, 2.24) is 0 Å². The Morgan fingerprint density at radius 1 is 1.21 bits per heavy atom. The quantitative estimate of drug-likeness (QED) is 0.911. The first-order chi connectivity index (χ1) is 8.92. The van der Waals surface area contributed by atoms with Crippen LogP contribution in [0.15, 0.2) is 35.2 Å². The van der Waals surface area contributed by atoms with E-state index in [1.807, 2.05) is 19.1 Å². The summed E-state index contributed by atoms with van der Waals surface area (Å²) in [5.41, 5.74) is 7.18. The maximum absolute atomic E-state index is 12.3. The fourth-order valence-corrected chi connectivity index (χ4v) is 4.30. The molecule has 1 aromatic heterocycles. The zero-order valence-corrected chi connectivity index (χ0v) is 12.4. The van der Waals surface area contributed by atoms with Crippen molar-refractivity contribution in [2.24, 2.45) is 5.73 Å². The lowest BCUT2D eigenvalue weighted by Crippen LogP contribution is -2.13. The summed E-state index contributed by atoms with van der Waals surface area (Å²) in [4.78, 5) is 1.92. The summed E-state index contributed by atoms with van der Waals surface area (Å²) >= 11 is 1.41. The number of benzene rings is 1. The van der Waals surface area contributed by atoms with Crippen LogP contribution < -0.4 is 10.5 Å². The molecule has 19 heavy (non-hydrogen) atoms. The Hall–Kier alpha value is -1.37. The van der Waals surface area contributed by atoms with Gasteiger partial charge in [-0.15, -0.1) is 11.3 Å². The number of hydrogen-bond acceptors (Lipinski definition) is 4. The van der Waals surface area contributed by atoms with Gasteiger partial charge in [-0.25, -0.2) is 8.42 Å². The van der Waals surface area contributed by atoms with E-state index in [1.54, 1.807) is 25.1 Å². The topological polar surface area (TPSA) is 72.2 Å². The molecule has 0 radical (unpaired) electrons. The van der Waals surface area contributed by atoms with Gasteiger partial charge < -0.3 is 5.73 Å². The van der Waals surface area contributed by atoms with Crippen molar-refractivity contribution in [3.05, 3.63) is 45.6 Å². The third kappa shape index (κ3) is 3.15. The molecule has 0 bridgehead atoms. The van der Waals surface area contributed by atoms with E-state index in [1.165, 1.54) is 11.3 Å². The highest BCUT2D eigenvalue weighted by atomic mass is 32.2. The smallest absolute Gasteiger partial charge is 0.263 e. The standard InChI is InChI=1S/C13H16N2O2S2/c1-9-3-5-11(6-4-9)15-19(16,17)13-7-12(8-14)18-10(13)2/h3-7,15H,8,14H2,1-2H3. The summed E-state index contributed by atoms with van der Waals surface area (Å²) in [7, 11) is -3.54. The Bertz CT molecular complexity index is 673. The molecule has 0 unspecified atom stereocenters. The summed E-state index contributed by atoms with van der Waals surface area (Å²) in [6.45, 7) is 4.09. The molecule has 4 nitrogen and oxygen atoms in total. The molecule has 0 saturated carbocycles. The number of sulfonamides is 1. The number of nitrogens with one attached hydrogen (secondary N) is 1. The van der Waals surface area contributed by atoms with E-state index < -0.39 is 10.0 Å². The lowest BCUT2D eigenvalue weighted by atomic mass is 10.2. The molecule has 0 aliphatic rings. The van der Waals surface area contributed by atoms with Gasteiger partial charge in [0.15, 0.2) is 0 Å². The molecule has 0 aliphatic heterocycles.